The summed E-state index contributed by atoms with van der Waals surface area (Å²) in [6.45, 7) is 4.87. The Morgan fingerprint density at radius 1 is 1.00 bits per heavy atom. The van der Waals surface area contributed by atoms with E-state index in [1.807, 2.05) is 24.3 Å². The van der Waals surface area contributed by atoms with Crippen molar-refractivity contribution in [2.45, 2.75) is 26.2 Å². The number of carbonyl (C=O) groups is 1. The van der Waals surface area contributed by atoms with Crippen molar-refractivity contribution in [1.29, 1.82) is 5.26 Å². The number of fused-ring (bicyclic) bond motifs is 1. The lowest BCUT2D eigenvalue weighted by molar-refractivity contribution is 0.0733. The van der Waals surface area contributed by atoms with E-state index in [9.17, 15) is 10.1 Å². The molecule has 1 aliphatic heterocycles. The Kier molecular flexibility index (Phi) is 8.70. The summed E-state index contributed by atoms with van der Waals surface area (Å²) in [5.41, 5.74) is 8.19. The van der Waals surface area contributed by atoms with Gasteiger partial charge in [0.2, 0.25) is 11.6 Å². The maximum absolute atomic E-state index is 13.0. The van der Waals surface area contributed by atoms with Crippen LogP contribution in [-0.4, -0.2) is 33.9 Å². The molecule has 4 rings (SSSR count). The summed E-state index contributed by atoms with van der Waals surface area (Å²) in [5, 5.41) is 9.92. The van der Waals surface area contributed by atoms with E-state index in [0.29, 0.717) is 46.8 Å². The van der Waals surface area contributed by atoms with Crippen LogP contribution in [0.25, 0.3) is 0 Å². The molecule has 9 heteroatoms. The third kappa shape index (κ3) is 5.91. The van der Waals surface area contributed by atoms with Gasteiger partial charge in [-0.25, -0.2) is 4.79 Å². The molecule has 0 saturated carbocycles. The fourth-order valence-corrected chi connectivity index (χ4v) is 4.40. The average Bonchev–Trinajstić information content (AvgIpc) is 2.95. The molecule has 1 unspecified atom stereocenters. The maximum Gasteiger partial charge on any atom is 0.343 e. The zero-order valence-corrected chi connectivity index (χ0v) is 23.1. The molecule has 3 aromatic carbocycles. The first-order valence-corrected chi connectivity index (χ1v) is 12.8. The Labute approximate surface area is 233 Å². The van der Waals surface area contributed by atoms with Crippen LogP contribution in [0.3, 0.4) is 0 Å². The normalized spacial score (nSPS) is 14.1. The minimum Gasteiger partial charge on any atom is -0.494 e. The van der Waals surface area contributed by atoms with E-state index >= 15 is 0 Å². The summed E-state index contributed by atoms with van der Waals surface area (Å²) in [5.74, 6) is 1.71. The van der Waals surface area contributed by atoms with Gasteiger partial charge >= 0.3 is 5.97 Å². The highest BCUT2D eigenvalue weighted by atomic mass is 16.5. The Balaban J connectivity index is 1.63. The summed E-state index contributed by atoms with van der Waals surface area (Å²) in [7, 11) is 4.40. The number of ether oxygens (including phenoxy) is 6. The molecular formula is C31H32N2O7. The summed E-state index contributed by atoms with van der Waals surface area (Å²) in [4.78, 5) is 13.0. The van der Waals surface area contributed by atoms with Crippen LogP contribution in [0.2, 0.25) is 0 Å². The van der Waals surface area contributed by atoms with E-state index in [4.69, 9.17) is 34.2 Å². The van der Waals surface area contributed by atoms with Crippen molar-refractivity contribution in [3.05, 3.63) is 82.7 Å². The van der Waals surface area contributed by atoms with E-state index in [0.717, 1.165) is 12.0 Å². The molecule has 0 fully saturated rings. The quantitative estimate of drug-likeness (QED) is 0.258. The number of nitriles is 1. The van der Waals surface area contributed by atoms with Crippen molar-refractivity contribution in [2.75, 3.05) is 27.9 Å². The lowest BCUT2D eigenvalue weighted by Gasteiger charge is -2.27. The second-order valence-electron chi connectivity index (χ2n) is 9.53. The molecule has 0 aliphatic carbocycles. The number of hydrogen-bond acceptors (Lipinski definition) is 9. The zero-order chi connectivity index (χ0) is 28.8. The van der Waals surface area contributed by atoms with Gasteiger partial charge in [-0.05, 0) is 48.2 Å². The molecule has 1 atom stereocenters. The zero-order valence-electron chi connectivity index (χ0n) is 23.1. The van der Waals surface area contributed by atoms with Crippen molar-refractivity contribution < 1.29 is 33.2 Å². The standard InChI is InChI=1S/C31H32N2O7/c1-18(2)11-12-38-21-8-6-7-19(13-21)28-23-10-9-22(16-25(23)40-30(33)24(28)17-32)39-31(34)20-14-26(35-3)29(37-5)27(15-20)36-4/h6-10,13-16,18,28H,11-12,33H2,1-5H3. The fourth-order valence-electron chi connectivity index (χ4n) is 4.40. The number of carbonyl (C=O) groups excluding carboxylic acids is 1. The Hall–Kier alpha value is -4.84. The van der Waals surface area contributed by atoms with E-state index in [1.165, 1.54) is 33.5 Å². The second-order valence-corrected chi connectivity index (χ2v) is 9.53. The summed E-state index contributed by atoms with van der Waals surface area (Å²) in [6.07, 6.45) is 0.929. The Morgan fingerprint density at radius 2 is 1.73 bits per heavy atom. The van der Waals surface area contributed by atoms with Gasteiger partial charge in [-0.1, -0.05) is 32.0 Å². The second kappa shape index (κ2) is 12.3. The van der Waals surface area contributed by atoms with Crippen molar-refractivity contribution in [1.82, 2.24) is 0 Å². The molecule has 0 spiro atoms. The number of nitrogens with two attached hydrogens (primary N) is 1. The molecule has 9 nitrogen and oxygen atoms in total. The van der Waals surface area contributed by atoms with Gasteiger partial charge in [0.05, 0.1) is 39.4 Å². The molecular weight excluding hydrogens is 512 g/mol. The number of nitrogens with zero attached hydrogens (tertiary/aromatic N) is 1. The summed E-state index contributed by atoms with van der Waals surface area (Å²) >= 11 is 0. The molecule has 1 aliphatic rings. The first-order valence-electron chi connectivity index (χ1n) is 12.8. The molecule has 40 heavy (non-hydrogen) atoms. The highest BCUT2D eigenvalue weighted by molar-refractivity contribution is 5.92. The van der Waals surface area contributed by atoms with E-state index in [-0.39, 0.29) is 22.8 Å². The van der Waals surface area contributed by atoms with E-state index < -0.39 is 11.9 Å². The molecule has 0 saturated heterocycles. The monoisotopic (exact) mass is 544 g/mol. The number of methoxy groups -OCH3 is 3. The largest absolute Gasteiger partial charge is 0.494 e. The van der Waals surface area contributed by atoms with Gasteiger partial charge in [-0.15, -0.1) is 0 Å². The molecule has 0 bridgehead atoms. The van der Waals surface area contributed by atoms with E-state index in [2.05, 4.69) is 19.9 Å². The van der Waals surface area contributed by atoms with Crippen molar-refractivity contribution in [3.8, 4) is 40.6 Å². The number of benzene rings is 3. The third-order valence-electron chi connectivity index (χ3n) is 6.46. The lowest BCUT2D eigenvalue weighted by Crippen LogP contribution is -2.21. The number of esters is 1. The SMILES string of the molecule is COc1cc(C(=O)Oc2ccc3c(c2)OC(N)=C(C#N)C3c2cccc(OCCC(C)C)c2)cc(OC)c1OC. The molecule has 2 N–H and O–H groups in total. The number of hydrogen-bond donors (Lipinski definition) is 1. The van der Waals surface area contributed by atoms with E-state index in [1.54, 1.807) is 18.2 Å². The van der Waals surface area contributed by atoms with Gasteiger partial charge in [-0.3, -0.25) is 0 Å². The first-order chi connectivity index (χ1) is 19.3. The van der Waals surface area contributed by atoms with Crippen molar-refractivity contribution in [2.24, 2.45) is 11.7 Å². The smallest absolute Gasteiger partial charge is 0.343 e. The molecule has 0 aromatic heterocycles. The van der Waals surface area contributed by atoms with Crippen LogP contribution in [0.15, 0.2) is 66.1 Å². The predicted molar refractivity (Wildman–Crippen MR) is 148 cm³/mol. The Morgan fingerprint density at radius 3 is 2.35 bits per heavy atom. The van der Waals surface area contributed by atoms with Crippen molar-refractivity contribution in [3.63, 3.8) is 0 Å². The minimum atomic E-state index is -0.640. The number of rotatable bonds is 10. The molecule has 0 radical (unpaired) electrons. The van der Waals surface area contributed by atoms with Crippen LogP contribution in [0, 0.1) is 17.2 Å². The molecule has 208 valence electrons. The molecule has 1 heterocycles. The van der Waals surface area contributed by atoms with Gasteiger partial charge in [0.15, 0.2) is 11.5 Å². The summed E-state index contributed by atoms with van der Waals surface area (Å²) < 4.78 is 33.4. The van der Waals surface area contributed by atoms with Gasteiger partial charge in [0.25, 0.3) is 0 Å². The van der Waals surface area contributed by atoms with Gasteiger partial charge in [0, 0.05) is 11.6 Å². The van der Waals surface area contributed by atoms with Crippen LogP contribution in [0.5, 0.6) is 34.5 Å². The fraction of sp³-hybridized carbons (Fsp3) is 0.290. The molecule has 3 aromatic rings. The van der Waals surface area contributed by atoms with Gasteiger partial charge in [-0.2, -0.15) is 5.26 Å². The average molecular weight is 545 g/mol. The van der Waals surface area contributed by atoms with Crippen molar-refractivity contribution >= 4 is 5.97 Å². The lowest BCUT2D eigenvalue weighted by atomic mass is 9.83. The maximum atomic E-state index is 13.0. The molecule has 0 amide bonds. The third-order valence-corrected chi connectivity index (χ3v) is 6.46. The Bertz CT molecular complexity index is 1450. The highest BCUT2D eigenvalue weighted by Gasteiger charge is 2.31. The topological polar surface area (TPSA) is 122 Å². The number of allylic oxidation sites excluding steroid dienone is 1. The van der Waals surface area contributed by atoms with Gasteiger partial charge < -0.3 is 34.2 Å². The van der Waals surface area contributed by atoms with Crippen LogP contribution in [0.4, 0.5) is 0 Å². The minimum absolute atomic E-state index is 0.0146. The van der Waals surface area contributed by atoms with Crippen LogP contribution in [0.1, 0.15) is 47.7 Å². The summed E-state index contributed by atoms with van der Waals surface area (Å²) in [6, 6.07) is 17.8. The van der Waals surface area contributed by atoms with Gasteiger partial charge in [0.1, 0.15) is 28.9 Å². The van der Waals surface area contributed by atoms with Crippen LogP contribution < -0.4 is 34.2 Å². The van der Waals surface area contributed by atoms with Crippen LogP contribution in [-0.2, 0) is 0 Å². The van der Waals surface area contributed by atoms with Crippen LogP contribution >= 0.6 is 0 Å². The predicted octanol–water partition coefficient (Wildman–Crippen LogP) is 5.57. The highest BCUT2D eigenvalue weighted by Crippen LogP contribution is 2.44. The first kappa shape index (κ1) is 28.2.